The Bertz CT molecular complexity index is 403. The first-order valence-electron chi connectivity index (χ1n) is 5.82. The van der Waals surface area contributed by atoms with E-state index in [0.717, 1.165) is 16.7 Å². The first-order valence-corrected chi connectivity index (χ1v) is 5.82. The van der Waals surface area contributed by atoms with Crippen LogP contribution < -0.4 is 0 Å². The number of likely N-dealkylation sites (N-methyl/N-ethyl adjacent to an activating group) is 1. The van der Waals surface area contributed by atoms with Gasteiger partial charge in [-0.2, -0.15) is 0 Å². The number of hydrogen-bond donors (Lipinski definition) is 0. The molecule has 1 heterocycles. The molecule has 1 aliphatic rings. The Labute approximate surface area is 110 Å². The van der Waals surface area contributed by atoms with Crippen molar-refractivity contribution < 1.29 is 9.53 Å². The number of rotatable bonds is 3. The molecule has 1 amide bonds. The maximum absolute atomic E-state index is 11.7. The predicted octanol–water partition coefficient (Wildman–Crippen LogP) is 3.07. The van der Waals surface area contributed by atoms with E-state index in [-0.39, 0.29) is 5.91 Å². The largest absolute Gasteiger partial charge is 0.496 e. The zero-order chi connectivity index (χ0) is 14.3. The minimum absolute atomic E-state index is 0.0447. The van der Waals surface area contributed by atoms with Crippen molar-refractivity contribution >= 4 is 5.91 Å². The summed E-state index contributed by atoms with van der Waals surface area (Å²) < 4.78 is 5.16. The lowest BCUT2D eigenvalue weighted by atomic mass is 10.1. The van der Waals surface area contributed by atoms with E-state index < -0.39 is 0 Å². The van der Waals surface area contributed by atoms with Gasteiger partial charge < -0.3 is 9.64 Å². The highest BCUT2D eigenvalue weighted by Gasteiger charge is 2.23. The van der Waals surface area contributed by atoms with E-state index in [4.69, 9.17) is 4.74 Å². The van der Waals surface area contributed by atoms with E-state index in [1.54, 1.807) is 31.2 Å². The molecule has 100 valence electrons. The standard InChI is InChI=1S/C12H17NO2.C3H6/c1-8(2)11(15-5)6-10-9(3)7-13(4)12(10)14;1-3-2/h6H,1,7H2,2-5H3;3H,1H2,2H3/b11-6+;. The molecule has 18 heavy (non-hydrogen) atoms. The fraction of sp³-hybridized carbons (Fsp3) is 0.400. The van der Waals surface area contributed by atoms with Gasteiger partial charge in [-0.3, -0.25) is 4.79 Å². The lowest BCUT2D eigenvalue weighted by Gasteiger charge is -2.08. The second kappa shape index (κ2) is 7.54. The SMILES string of the molecule is C=C(C)/C(=C\C1=C(C)CN(C)C1=O)OC.C=CC. The zero-order valence-corrected chi connectivity index (χ0v) is 12.0. The molecule has 0 saturated heterocycles. The minimum Gasteiger partial charge on any atom is -0.496 e. The van der Waals surface area contributed by atoms with Gasteiger partial charge in [-0.1, -0.05) is 12.7 Å². The Morgan fingerprint density at radius 1 is 1.50 bits per heavy atom. The molecule has 1 rings (SSSR count). The van der Waals surface area contributed by atoms with Crippen LogP contribution in [0.4, 0.5) is 0 Å². The number of nitrogens with zero attached hydrogens (tertiary/aromatic N) is 1. The van der Waals surface area contributed by atoms with Gasteiger partial charge in [0.1, 0.15) is 5.76 Å². The van der Waals surface area contributed by atoms with Crippen molar-refractivity contribution in [3.63, 3.8) is 0 Å². The molecule has 0 aromatic carbocycles. The summed E-state index contributed by atoms with van der Waals surface area (Å²) in [6, 6.07) is 0. The van der Waals surface area contributed by atoms with Crippen molar-refractivity contribution in [3.8, 4) is 0 Å². The van der Waals surface area contributed by atoms with Crippen LogP contribution in [0.1, 0.15) is 20.8 Å². The Balaban J connectivity index is 0.000000873. The van der Waals surface area contributed by atoms with E-state index in [1.165, 1.54) is 0 Å². The van der Waals surface area contributed by atoms with Gasteiger partial charge in [-0.05, 0) is 38.0 Å². The second-order valence-electron chi connectivity index (χ2n) is 4.26. The van der Waals surface area contributed by atoms with Crippen molar-refractivity contribution in [1.29, 1.82) is 0 Å². The molecule has 0 atom stereocenters. The molecule has 0 saturated carbocycles. The summed E-state index contributed by atoms with van der Waals surface area (Å²) in [5.74, 6) is 0.705. The molecule has 0 aromatic heterocycles. The Kier molecular flexibility index (Phi) is 6.79. The van der Waals surface area contributed by atoms with Crippen LogP contribution >= 0.6 is 0 Å². The third kappa shape index (κ3) is 4.24. The predicted molar refractivity (Wildman–Crippen MR) is 76.1 cm³/mol. The van der Waals surface area contributed by atoms with E-state index in [9.17, 15) is 4.79 Å². The minimum atomic E-state index is 0.0447. The monoisotopic (exact) mass is 249 g/mol. The van der Waals surface area contributed by atoms with Gasteiger partial charge in [0.05, 0.1) is 7.11 Å². The molecule has 0 spiro atoms. The van der Waals surface area contributed by atoms with Crippen LogP contribution in [0.15, 0.2) is 47.8 Å². The van der Waals surface area contributed by atoms with E-state index in [1.807, 2.05) is 20.8 Å². The van der Waals surface area contributed by atoms with E-state index >= 15 is 0 Å². The van der Waals surface area contributed by atoms with Gasteiger partial charge >= 0.3 is 0 Å². The van der Waals surface area contributed by atoms with Crippen LogP contribution in [0.2, 0.25) is 0 Å². The van der Waals surface area contributed by atoms with Gasteiger partial charge in [-0.15, -0.1) is 6.58 Å². The summed E-state index contributed by atoms with van der Waals surface area (Å²) >= 11 is 0. The number of carbonyl (C=O) groups is 1. The normalized spacial score (nSPS) is 15.3. The third-order valence-electron chi connectivity index (χ3n) is 2.43. The number of hydrogen-bond acceptors (Lipinski definition) is 2. The first-order chi connectivity index (χ1) is 8.38. The third-order valence-corrected chi connectivity index (χ3v) is 2.43. The highest BCUT2D eigenvalue weighted by Crippen LogP contribution is 2.21. The van der Waals surface area contributed by atoms with Crippen molar-refractivity contribution in [3.05, 3.63) is 47.8 Å². The number of amides is 1. The second-order valence-corrected chi connectivity index (χ2v) is 4.26. The van der Waals surface area contributed by atoms with E-state index in [2.05, 4.69) is 13.2 Å². The zero-order valence-electron chi connectivity index (χ0n) is 12.0. The summed E-state index contributed by atoms with van der Waals surface area (Å²) in [6.07, 6.45) is 3.52. The fourth-order valence-corrected chi connectivity index (χ4v) is 1.57. The van der Waals surface area contributed by atoms with Crippen LogP contribution in [-0.2, 0) is 9.53 Å². The highest BCUT2D eigenvalue weighted by atomic mass is 16.5. The maximum atomic E-state index is 11.7. The number of methoxy groups -OCH3 is 1. The maximum Gasteiger partial charge on any atom is 0.254 e. The molecule has 0 fully saturated rings. The average Bonchev–Trinajstić information content (AvgIpc) is 2.52. The summed E-state index contributed by atoms with van der Waals surface area (Å²) in [4.78, 5) is 13.4. The summed E-state index contributed by atoms with van der Waals surface area (Å²) in [6.45, 7) is 13.6. The lowest BCUT2D eigenvalue weighted by molar-refractivity contribution is -0.124. The first kappa shape index (κ1) is 16.2. The average molecular weight is 249 g/mol. The summed E-state index contributed by atoms with van der Waals surface area (Å²) in [5.41, 5.74) is 2.61. The van der Waals surface area contributed by atoms with Crippen LogP contribution in [0.3, 0.4) is 0 Å². The summed E-state index contributed by atoms with van der Waals surface area (Å²) in [5, 5.41) is 0. The van der Waals surface area contributed by atoms with Crippen LogP contribution in [0.5, 0.6) is 0 Å². The molecule has 0 aromatic rings. The summed E-state index contributed by atoms with van der Waals surface area (Å²) in [7, 11) is 3.37. The fourth-order valence-electron chi connectivity index (χ4n) is 1.57. The van der Waals surface area contributed by atoms with Crippen LogP contribution in [-0.4, -0.2) is 31.5 Å². The van der Waals surface area contributed by atoms with Gasteiger partial charge in [0.2, 0.25) is 0 Å². The molecular formula is C15H23NO2. The topological polar surface area (TPSA) is 29.5 Å². The molecule has 0 N–H and O–H groups in total. The van der Waals surface area contributed by atoms with Crippen LogP contribution in [0.25, 0.3) is 0 Å². The lowest BCUT2D eigenvalue weighted by Crippen LogP contribution is -2.21. The van der Waals surface area contributed by atoms with Crippen molar-refractivity contribution in [1.82, 2.24) is 4.90 Å². The number of ether oxygens (including phenoxy) is 1. The van der Waals surface area contributed by atoms with Crippen molar-refractivity contribution in [2.75, 3.05) is 20.7 Å². The molecule has 3 heteroatoms. The van der Waals surface area contributed by atoms with E-state index in [0.29, 0.717) is 12.3 Å². The van der Waals surface area contributed by atoms with Crippen LogP contribution in [0, 0.1) is 0 Å². The molecule has 0 unspecified atom stereocenters. The highest BCUT2D eigenvalue weighted by molar-refractivity contribution is 5.99. The quantitative estimate of drug-likeness (QED) is 0.437. The Morgan fingerprint density at radius 3 is 2.28 bits per heavy atom. The van der Waals surface area contributed by atoms with Gasteiger partial charge in [0, 0.05) is 19.2 Å². The molecule has 3 nitrogen and oxygen atoms in total. The van der Waals surface area contributed by atoms with Gasteiger partial charge in [-0.25, -0.2) is 0 Å². The Hall–Kier alpha value is -1.77. The smallest absolute Gasteiger partial charge is 0.254 e. The molecule has 0 aliphatic carbocycles. The van der Waals surface area contributed by atoms with Crippen molar-refractivity contribution in [2.24, 2.45) is 0 Å². The number of allylic oxidation sites excluding steroid dienone is 2. The van der Waals surface area contributed by atoms with Gasteiger partial charge in [0.25, 0.3) is 5.91 Å². The molecule has 1 aliphatic heterocycles. The molecule has 0 bridgehead atoms. The number of carbonyl (C=O) groups excluding carboxylic acids is 1. The molecule has 0 radical (unpaired) electrons. The molecular weight excluding hydrogens is 226 g/mol. The van der Waals surface area contributed by atoms with Crippen molar-refractivity contribution in [2.45, 2.75) is 20.8 Å². The Morgan fingerprint density at radius 2 is 2.00 bits per heavy atom. The van der Waals surface area contributed by atoms with Gasteiger partial charge in [0.15, 0.2) is 0 Å².